The van der Waals surface area contributed by atoms with Crippen molar-refractivity contribution in [3.8, 4) is 0 Å². The van der Waals surface area contributed by atoms with Gasteiger partial charge in [0, 0.05) is 16.9 Å². The Balaban J connectivity index is 1.70. The van der Waals surface area contributed by atoms with Crippen molar-refractivity contribution in [3.05, 3.63) is 107 Å². The summed E-state index contributed by atoms with van der Waals surface area (Å²) in [5.74, 6) is 0.0714. The predicted octanol–water partition coefficient (Wildman–Crippen LogP) is 6.29. The lowest BCUT2D eigenvalue weighted by Crippen LogP contribution is -2.49. The van der Waals surface area contributed by atoms with Crippen molar-refractivity contribution < 1.29 is 4.79 Å². The number of carbonyl (C=O) groups is 1. The van der Waals surface area contributed by atoms with E-state index in [1.807, 2.05) is 61.5 Å². The highest BCUT2D eigenvalue weighted by atomic mass is 32.2. The molecule has 0 saturated carbocycles. The summed E-state index contributed by atoms with van der Waals surface area (Å²) in [5.41, 5.74) is 4.02. The molecule has 4 nitrogen and oxygen atoms in total. The molecule has 5 rings (SSSR count). The highest BCUT2D eigenvalue weighted by molar-refractivity contribution is 8.28. The Bertz CT molecular complexity index is 1180. The number of anilines is 2. The Kier molecular flexibility index (Phi) is 5.12. The maximum Gasteiger partial charge on any atom is 0.245 e. The third-order valence-electron chi connectivity index (χ3n) is 5.23. The Morgan fingerprint density at radius 1 is 0.806 bits per heavy atom. The van der Waals surface area contributed by atoms with E-state index in [4.69, 9.17) is 5.10 Å². The predicted molar refractivity (Wildman–Crippen MR) is 132 cm³/mol. The van der Waals surface area contributed by atoms with Gasteiger partial charge < -0.3 is 4.90 Å². The number of hydrazone groups is 1. The van der Waals surface area contributed by atoms with Crippen LogP contribution in [0.5, 0.6) is 0 Å². The molecule has 3 aromatic carbocycles. The molecule has 0 N–H and O–H groups in total. The monoisotopic (exact) mass is 443 g/mol. The third-order valence-corrected chi connectivity index (χ3v) is 8.27. The van der Waals surface area contributed by atoms with Crippen LogP contribution in [0.4, 0.5) is 11.4 Å². The lowest BCUT2D eigenvalue weighted by Gasteiger charge is -2.41. The topological polar surface area (TPSA) is 35.9 Å². The zero-order valence-electron chi connectivity index (χ0n) is 17.2. The van der Waals surface area contributed by atoms with Crippen LogP contribution < -0.4 is 9.91 Å². The second-order valence-electron chi connectivity index (χ2n) is 7.31. The number of hydrogen-bond acceptors (Lipinski definition) is 6. The minimum Gasteiger partial charge on any atom is -0.301 e. The maximum absolute atomic E-state index is 12.6. The van der Waals surface area contributed by atoms with Crippen LogP contribution in [-0.4, -0.2) is 15.2 Å². The average Bonchev–Trinajstić information content (AvgIpc) is 3.33. The molecule has 31 heavy (non-hydrogen) atoms. The quantitative estimate of drug-likeness (QED) is 0.474. The molecule has 0 aliphatic carbocycles. The molecule has 3 aromatic rings. The summed E-state index contributed by atoms with van der Waals surface area (Å²) < 4.78 is -0.668. The van der Waals surface area contributed by atoms with Gasteiger partial charge in [-0.1, -0.05) is 78.5 Å². The molecule has 1 unspecified atom stereocenters. The lowest BCUT2D eigenvalue weighted by atomic mass is 10.2. The molecule has 0 radical (unpaired) electrons. The lowest BCUT2D eigenvalue weighted by molar-refractivity contribution is -0.113. The van der Waals surface area contributed by atoms with E-state index in [9.17, 15) is 4.79 Å². The van der Waals surface area contributed by atoms with Gasteiger partial charge in [0.25, 0.3) is 0 Å². The fourth-order valence-electron chi connectivity index (χ4n) is 3.86. The first-order chi connectivity index (χ1) is 15.1. The maximum atomic E-state index is 12.6. The average molecular weight is 444 g/mol. The molecular weight excluding hydrogens is 422 g/mol. The number of carbonyl (C=O) groups excluding carboxylic acids is 1. The van der Waals surface area contributed by atoms with E-state index in [0.29, 0.717) is 0 Å². The van der Waals surface area contributed by atoms with Crippen molar-refractivity contribution in [2.75, 3.05) is 9.91 Å². The standard InChI is InChI=1S/C25H21N3OS2/c1-18-23(19(2)29)30-25(27(18)21-14-8-4-9-15-21)28(22-16-10-5-11-17-22)26-24(31-25)20-12-6-3-7-13-20/h3-17H,1-2H3. The molecule has 1 atom stereocenters. The Hall–Kier alpha value is -2.96. The number of nitrogens with zero attached hydrogens (tertiary/aromatic N) is 3. The summed E-state index contributed by atoms with van der Waals surface area (Å²) in [6.45, 7) is 3.66. The number of hydrogen-bond donors (Lipinski definition) is 0. The number of Topliss-reactive ketones (excluding diaryl/α,β-unsaturated/α-hetero) is 1. The zero-order chi connectivity index (χ0) is 21.4. The summed E-state index contributed by atoms with van der Waals surface area (Å²) in [6, 6.07) is 30.6. The van der Waals surface area contributed by atoms with Gasteiger partial charge in [-0.05, 0) is 49.9 Å². The molecule has 1 spiro atoms. The molecule has 0 saturated heterocycles. The second kappa shape index (κ2) is 7.94. The summed E-state index contributed by atoms with van der Waals surface area (Å²) in [5, 5.41) is 8.06. The molecule has 6 heteroatoms. The van der Waals surface area contributed by atoms with Crippen molar-refractivity contribution in [3.63, 3.8) is 0 Å². The van der Waals surface area contributed by atoms with Gasteiger partial charge in [-0.25, -0.2) is 5.01 Å². The van der Waals surface area contributed by atoms with Gasteiger partial charge in [-0.15, -0.1) is 0 Å². The summed E-state index contributed by atoms with van der Waals surface area (Å²) in [6.07, 6.45) is 0. The van der Waals surface area contributed by atoms with E-state index in [1.54, 1.807) is 30.4 Å². The van der Waals surface area contributed by atoms with Crippen LogP contribution in [-0.2, 0) is 4.79 Å². The van der Waals surface area contributed by atoms with Crippen LogP contribution in [0.1, 0.15) is 19.4 Å². The fraction of sp³-hybridized carbons (Fsp3) is 0.120. The van der Waals surface area contributed by atoms with Gasteiger partial charge >= 0.3 is 0 Å². The van der Waals surface area contributed by atoms with Gasteiger partial charge in [0.15, 0.2) is 5.78 Å². The zero-order valence-corrected chi connectivity index (χ0v) is 18.9. The van der Waals surface area contributed by atoms with E-state index in [1.165, 1.54) is 0 Å². The number of allylic oxidation sites excluding steroid dienone is 2. The van der Waals surface area contributed by atoms with E-state index < -0.39 is 4.33 Å². The van der Waals surface area contributed by atoms with E-state index in [-0.39, 0.29) is 5.78 Å². The fourth-order valence-corrected chi connectivity index (χ4v) is 6.92. The molecule has 2 aliphatic rings. The van der Waals surface area contributed by atoms with Gasteiger partial charge in [0.2, 0.25) is 4.33 Å². The first-order valence-electron chi connectivity index (χ1n) is 10.0. The molecular formula is C25H21N3OS2. The normalized spacial score (nSPS) is 20.5. The molecule has 2 heterocycles. The Morgan fingerprint density at radius 2 is 1.35 bits per heavy atom. The summed E-state index contributed by atoms with van der Waals surface area (Å²) in [7, 11) is 0. The molecule has 154 valence electrons. The number of benzene rings is 3. The summed E-state index contributed by atoms with van der Waals surface area (Å²) >= 11 is 3.25. The molecule has 0 fully saturated rings. The Morgan fingerprint density at radius 3 is 1.94 bits per heavy atom. The Labute approximate surface area is 190 Å². The van der Waals surface area contributed by atoms with Crippen LogP contribution in [0.25, 0.3) is 0 Å². The first kappa shape index (κ1) is 20.0. The van der Waals surface area contributed by atoms with Crippen LogP contribution >= 0.6 is 23.5 Å². The number of thioether (sulfide) groups is 2. The molecule has 0 aromatic heterocycles. The van der Waals surface area contributed by atoms with Crippen molar-refractivity contribution in [2.24, 2.45) is 5.10 Å². The van der Waals surface area contributed by atoms with E-state index in [2.05, 4.69) is 46.3 Å². The van der Waals surface area contributed by atoms with Gasteiger partial charge in [0.05, 0.1) is 10.6 Å². The first-order valence-corrected chi connectivity index (χ1v) is 11.7. The van der Waals surface area contributed by atoms with Crippen molar-refractivity contribution in [2.45, 2.75) is 18.2 Å². The number of ketones is 1. The minimum absolute atomic E-state index is 0.0714. The third kappa shape index (κ3) is 3.36. The van der Waals surface area contributed by atoms with Crippen LogP contribution in [0.2, 0.25) is 0 Å². The van der Waals surface area contributed by atoms with E-state index >= 15 is 0 Å². The van der Waals surface area contributed by atoms with Crippen molar-refractivity contribution in [1.29, 1.82) is 0 Å². The molecule has 2 aliphatic heterocycles. The summed E-state index contributed by atoms with van der Waals surface area (Å²) in [4.78, 5) is 15.6. The molecule has 0 amide bonds. The van der Waals surface area contributed by atoms with Crippen LogP contribution in [0.15, 0.2) is 107 Å². The van der Waals surface area contributed by atoms with Crippen molar-refractivity contribution in [1.82, 2.24) is 0 Å². The van der Waals surface area contributed by atoms with Crippen LogP contribution in [0.3, 0.4) is 0 Å². The van der Waals surface area contributed by atoms with Crippen molar-refractivity contribution >= 4 is 45.7 Å². The SMILES string of the molecule is CC(=O)C1=C(C)N(c2ccccc2)C2(SC(c3ccccc3)=NN2c2ccccc2)S1. The van der Waals surface area contributed by atoms with E-state index in [0.717, 1.165) is 32.6 Å². The number of para-hydroxylation sites is 2. The van der Waals surface area contributed by atoms with Crippen LogP contribution in [0, 0.1) is 0 Å². The molecule has 0 bridgehead atoms. The van der Waals surface area contributed by atoms with Gasteiger partial charge in [-0.2, -0.15) is 5.10 Å². The number of rotatable bonds is 4. The largest absolute Gasteiger partial charge is 0.301 e. The highest BCUT2D eigenvalue weighted by Crippen LogP contribution is 2.60. The smallest absolute Gasteiger partial charge is 0.245 e. The van der Waals surface area contributed by atoms with Gasteiger partial charge in [-0.3, -0.25) is 4.79 Å². The minimum atomic E-state index is -0.668. The highest BCUT2D eigenvalue weighted by Gasteiger charge is 2.56. The van der Waals surface area contributed by atoms with Gasteiger partial charge in [0.1, 0.15) is 5.04 Å². The second-order valence-corrected chi connectivity index (χ2v) is 9.91.